The van der Waals surface area contributed by atoms with Gasteiger partial charge in [0.1, 0.15) is 11.6 Å². The lowest BCUT2D eigenvalue weighted by molar-refractivity contribution is 0.868. The van der Waals surface area contributed by atoms with Crippen LogP contribution in [0, 0.1) is 11.3 Å². The molecule has 0 saturated heterocycles. The van der Waals surface area contributed by atoms with Gasteiger partial charge < -0.3 is 9.97 Å². The van der Waals surface area contributed by atoms with Gasteiger partial charge in [-0.25, -0.2) is 4.98 Å². The van der Waals surface area contributed by atoms with E-state index in [-0.39, 0.29) is 5.56 Å². The molecule has 3 aromatic heterocycles. The Labute approximate surface area is 107 Å². The summed E-state index contributed by atoms with van der Waals surface area (Å²) in [4.78, 5) is 22.5. The number of nitriles is 1. The maximum absolute atomic E-state index is 12.3. The van der Waals surface area contributed by atoms with Gasteiger partial charge in [0, 0.05) is 18.0 Å². The highest BCUT2D eigenvalue weighted by Gasteiger charge is 2.16. The molecule has 2 N–H and O–H groups in total. The number of aromatic nitrogens is 5. The smallest absolute Gasteiger partial charge is 0.278 e. The molecular formula is C12H10N6O. The van der Waals surface area contributed by atoms with E-state index < -0.39 is 0 Å². The van der Waals surface area contributed by atoms with Crippen molar-refractivity contribution in [2.75, 3.05) is 0 Å². The number of hydrogen-bond acceptors (Lipinski definition) is 4. The standard InChI is InChI=1S/C12H10N6O/c1-2-8-9(10-14-3-4-15-10)17-11-7(5-13)6-16-18(11)12(8)19/h3-4,6,17H,2H2,1H3,(H,14,15). The van der Waals surface area contributed by atoms with Crippen LogP contribution in [0.1, 0.15) is 18.1 Å². The minimum absolute atomic E-state index is 0.232. The summed E-state index contributed by atoms with van der Waals surface area (Å²) in [5, 5.41) is 13.0. The Balaban J connectivity index is 2.44. The zero-order valence-electron chi connectivity index (χ0n) is 10.1. The normalized spacial score (nSPS) is 10.7. The molecule has 0 aliphatic rings. The molecule has 0 spiro atoms. The first-order valence-electron chi connectivity index (χ1n) is 5.79. The number of nitrogens with zero attached hydrogens (tertiary/aromatic N) is 4. The van der Waals surface area contributed by atoms with Gasteiger partial charge in [-0.1, -0.05) is 6.92 Å². The molecule has 0 atom stereocenters. The molecule has 3 rings (SSSR count). The zero-order valence-corrected chi connectivity index (χ0v) is 10.1. The molecule has 19 heavy (non-hydrogen) atoms. The number of H-pyrrole nitrogens is 2. The summed E-state index contributed by atoms with van der Waals surface area (Å²) in [6.07, 6.45) is 5.21. The van der Waals surface area contributed by atoms with E-state index in [0.29, 0.717) is 34.7 Å². The number of aromatic amines is 2. The molecule has 0 fully saturated rings. The van der Waals surface area contributed by atoms with Crippen LogP contribution in [-0.4, -0.2) is 24.6 Å². The lowest BCUT2D eigenvalue weighted by Crippen LogP contribution is -2.21. The van der Waals surface area contributed by atoms with Gasteiger partial charge in [-0.05, 0) is 6.42 Å². The minimum Gasteiger partial charge on any atom is -0.343 e. The Hall–Kier alpha value is -2.88. The molecule has 0 unspecified atom stereocenters. The van der Waals surface area contributed by atoms with E-state index in [4.69, 9.17) is 5.26 Å². The third kappa shape index (κ3) is 1.54. The van der Waals surface area contributed by atoms with Crippen LogP contribution in [0.2, 0.25) is 0 Å². The summed E-state index contributed by atoms with van der Waals surface area (Å²) in [6.45, 7) is 1.89. The van der Waals surface area contributed by atoms with Crippen molar-refractivity contribution >= 4 is 5.65 Å². The van der Waals surface area contributed by atoms with Crippen molar-refractivity contribution in [2.24, 2.45) is 0 Å². The maximum atomic E-state index is 12.3. The molecule has 7 heteroatoms. The number of hydrogen-bond donors (Lipinski definition) is 2. The topological polar surface area (TPSA) is 103 Å². The summed E-state index contributed by atoms with van der Waals surface area (Å²) in [5.41, 5.74) is 1.66. The van der Waals surface area contributed by atoms with Crippen LogP contribution in [0.15, 0.2) is 23.4 Å². The summed E-state index contributed by atoms with van der Waals surface area (Å²) in [6, 6.07) is 2.00. The number of rotatable bonds is 2. The molecule has 3 heterocycles. The second kappa shape index (κ2) is 4.10. The van der Waals surface area contributed by atoms with Crippen LogP contribution in [0.5, 0.6) is 0 Å². The number of fused-ring (bicyclic) bond motifs is 1. The minimum atomic E-state index is -0.232. The van der Waals surface area contributed by atoms with E-state index in [1.165, 1.54) is 10.7 Å². The molecule has 0 aromatic carbocycles. The molecule has 0 amide bonds. The molecule has 3 aromatic rings. The molecule has 0 radical (unpaired) electrons. The predicted molar refractivity (Wildman–Crippen MR) is 67.5 cm³/mol. The van der Waals surface area contributed by atoms with Gasteiger partial charge in [0.05, 0.1) is 11.9 Å². The van der Waals surface area contributed by atoms with Gasteiger partial charge in [0.25, 0.3) is 5.56 Å². The SMILES string of the molecule is CCc1c(-c2ncc[nH]2)[nH]c2c(C#N)cnn2c1=O. The first-order chi connectivity index (χ1) is 9.26. The number of imidazole rings is 1. The van der Waals surface area contributed by atoms with Crippen LogP contribution in [0.3, 0.4) is 0 Å². The Morgan fingerprint density at radius 3 is 3.00 bits per heavy atom. The summed E-state index contributed by atoms with van der Waals surface area (Å²) < 4.78 is 1.21. The average Bonchev–Trinajstić information content (AvgIpc) is 3.07. The second-order valence-electron chi connectivity index (χ2n) is 4.01. The van der Waals surface area contributed by atoms with Crippen LogP contribution >= 0.6 is 0 Å². The van der Waals surface area contributed by atoms with Gasteiger partial charge >= 0.3 is 0 Å². The van der Waals surface area contributed by atoms with Crippen LogP contribution in [-0.2, 0) is 6.42 Å². The first-order valence-corrected chi connectivity index (χ1v) is 5.79. The maximum Gasteiger partial charge on any atom is 0.278 e. The Kier molecular flexibility index (Phi) is 2.42. The van der Waals surface area contributed by atoms with Gasteiger partial charge in [-0.2, -0.15) is 14.9 Å². The van der Waals surface area contributed by atoms with Gasteiger partial charge in [0.2, 0.25) is 0 Å². The average molecular weight is 254 g/mol. The van der Waals surface area contributed by atoms with Crippen molar-refractivity contribution < 1.29 is 0 Å². The Morgan fingerprint density at radius 2 is 2.37 bits per heavy atom. The Bertz CT molecular complexity index is 834. The van der Waals surface area contributed by atoms with Crippen molar-refractivity contribution in [3.8, 4) is 17.6 Å². The first kappa shape index (κ1) is 11.2. The van der Waals surface area contributed by atoms with Crippen LogP contribution < -0.4 is 5.56 Å². The molecule has 0 aliphatic carbocycles. The third-order valence-corrected chi connectivity index (χ3v) is 2.97. The van der Waals surface area contributed by atoms with Gasteiger partial charge in [0.15, 0.2) is 11.5 Å². The monoisotopic (exact) mass is 254 g/mol. The fourth-order valence-electron chi connectivity index (χ4n) is 2.07. The zero-order chi connectivity index (χ0) is 13.4. The van der Waals surface area contributed by atoms with Crippen molar-refractivity contribution in [2.45, 2.75) is 13.3 Å². The quantitative estimate of drug-likeness (QED) is 0.707. The van der Waals surface area contributed by atoms with E-state index in [0.717, 1.165) is 0 Å². The predicted octanol–water partition coefficient (Wildman–Crippen LogP) is 0.847. The highest BCUT2D eigenvalue weighted by molar-refractivity contribution is 5.62. The van der Waals surface area contributed by atoms with Gasteiger partial charge in [-0.15, -0.1) is 0 Å². The fourth-order valence-corrected chi connectivity index (χ4v) is 2.07. The van der Waals surface area contributed by atoms with Crippen molar-refractivity contribution in [3.05, 3.63) is 40.1 Å². The van der Waals surface area contributed by atoms with Gasteiger partial charge in [-0.3, -0.25) is 4.79 Å². The molecule has 94 valence electrons. The number of nitrogens with one attached hydrogen (secondary N) is 2. The van der Waals surface area contributed by atoms with E-state index >= 15 is 0 Å². The molecule has 0 aliphatic heterocycles. The van der Waals surface area contributed by atoms with E-state index in [1.54, 1.807) is 12.4 Å². The highest BCUT2D eigenvalue weighted by Crippen LogP contribution is 2.17. The van der Waals surface area contributed by atoms with Crippen molar-refractivity contribution in [3.63, 3.8) is 0 Å². The van der Waals surface area contributed by atoms with Crippen LogP contribution in [0.4, 0.5) is 0 Å². The third-order valence-electron chi connectivity index (χ3n) is 2.97. The largest absolute Gasteiger partial charge is 0.343 e. The van der Waals surface area contributed by atoms with Crippen molar-refractivity contribution in [1.82, 2.24) is 24.6 Å². The summed E-state index contributed by atoms with van der Waals surface area (Å²) >= 11 is 0. The lowest BCUT2D eigenvalue weighted by Gasteiger charge is -2.06. The Morgan fingerprint density at radius 1 is 1.53 bits per heavy atom. The highest BCUT2D eigenvalue weighted by atomic mass is 16.1. The summed E-state index contributed by atoms with van der Waals surface area (Å²) in [5.74, 6) is 0.571. The summed E-state index contributed by atoms with van der Waals surface area (Å²) in [7, 11) is 0. The van der Waals surface area contributed by atoms with E-state index in [2.05, 4.69) is 20.1 Å². The molecule has 0 saturated carbocycles. The van der Waals surface area contributed by atoms with E-state index in [9.17, 15) is 4.79 Å². The second-order valence-corrected chi connectivity index (χ2v) is 4.01. The molecule has 0 bridgehead atoms. The molecule has 7 nitrogen and oxygen atoms in total. The van der Waals surface area contributed by atoms with Crippen LogP contribution in [0.25, 0.3) is 17.2 Å². The fraction of sp³-hybridized carbons (Fsp3) is 0.167. The van der Waals surface area contributed by atoms with E-state index in [1.807, 2.05) is 13.0 Å². The lowest BCUT2D eigenvalue weighted by atomic mass is 10.1. The van der Waals surface area contributed by atoms with Crippen molar-refractivity contribution in [1.29, 1.82) is 5.26 Å². The molecular weight excluding hydrogens is 244 g/mol.